The third-order valence-corrected chi connectivity index (χ3v) is 3.41. The van der Waals surface area contributed by atoms with E-state index in [4.69, 9.17) is 16.0 Å². The minimum Gasteiger partial charge on any atom is -0.458 e. The number of fused-ring (bicyclic) bond motifs is 1. The molecule has 0 aliphatic heterocycles. The van der Waals surface area contributed by atoms with Crippen LogP contribution in [0.1, 0.15) is 37.7 Å². The third-order valence-electron chi connectivity index (χ3n) is 3.12. The summed E-state index contributed by atoms with van der Waals surface area (Å²) in [5.74, 6) is 0.969. The van der Waals surface area contributed by atoms with E-state index in [1.807, 2.05) is 12.1 Å². The predicted octanol–water partition coefficient (Wildman–Crippen LogP) is 4.59. The Kier molecular flexibility index (Phi) is 3.43. The monoisotopic (exact) mass is 265 g/mol. The van der Waals surface area contributed by atoms with Crippen molar-refractivity contribution in [3.8, 4) is 0 Å². The third kappa shape index (κ3) is 2.55. The molecule has 1 heterocycles. The second kappa shape index (κ2) is 4.60. The summed E-state index contributed by atoms with van der Waals surface area (Å²) in [6, 6.07) is 3.93. The first-order valence-corrected chi connectivity index (χ1v) is 6.59. The first-order chi connectivity index (χ1) is 8.29. The summed E-state index contributed by atoms with van der Waals surface area (Å²) in [6.07, 6.45) is 0. The molecule has 0 aliphatic rings. The molecule has 18 heavy (non-hydrogen) atoms. The second-order valence-corrected chi connectivity index (χ2v) is 6.23. The molecule has 0 amide bonds. The number of furan rings is 1. The molecule has 0 saturated carbocycles. The van der Waals surface area contributed by atoms with Gasteiger partial charge in [-0.2, -0.15) is 0 Å². The molecule has 3 heteroatoms. The molecule has 0 spiro atoms. The average molecular weight is 266 g/mol. The fourth-order valence-electron chi connectivity index (χ4n) is 2.07. The van der Waals surface area contributed by atoms with Crippen LogP contribution in [0.5, 0.6) is 0 Å². The minimum absolute atomic E-state index is 0.0737. The molecule has 0 aliphatic carbocycles. The quantitative estimate of drug-likeness (QED) is 0.859. The van der Waals surface area contributed by atoms with Crippen molar-refractivity contribution >= 4 is 22.6 Å². The Labute approximate surface area is 113 Å². The lowest BCUT2D eigenvalue weighted by Gasteiger charge is -2.19. The number of benzene rings is 1. The molecule has 0 atom stereocenters. The van der Waals surface area contributed by atoms with Gasteiger partial charge < -0.3 is 9.73 Å². The zero-order valence-corrected chi connectivity index (χ0v) is 12.4. The van der Waals surface area contributed by atoms with Gasteiger partial charge in [-0.1, -0.05) is 17.7 Å². The van der Waals surface area contributed by atoms with Gasteiger partial charge >= 0.3 is 0 Å². The number of nitrogens with one attached hydrogen (secondary N) is 1. The van der Waals surface area contributed by atoms with Crippen LogP contribution in [-0.4, -0.2) is 5.54 Å². The fraction of sp³-hybridized carbons (Fsp3) is 0.467. The van der Waals surface area contributed by atoms with Gasteiger partial charge in [0.05, 0.1) is 11.6 Å². The Morgan fingerprint density at radius 1 is 1.22 bits per heavy atom. The molecule has 0 fully saturated rings. The van der Waals surface area contributed by atoms with Crippen LogP contribution in [0.4, 0.5) is 0 Å². The van der Waals surface area contributed by atoms with E-state index in [9.17, 15) is 0 Å². The zero-order valence-electron chi connectivity index (χ0n) is 11.6. The normalized spacial score (nSPS) is 12.3. The Balaban J connectivity index is 2.45. The maximum atomic E-state index is 6.19. The lowest BCUT2D eigenvalue weighted by atomic mass is 10.1. The molecule has 2 nitrogen and oxygen atoms in total. The maximum Gasteiger partial charge on any atom is 0.153 e. The molecular weight excluding hydrogens is 246 g/mol. The molecule has 0 radical (unpaired) electrons. The predicted molar refractivity (Wildman–Crippen MR) is 77.3 cm³/mol. The van der Waals surface area contributed by atoms with Crippen molar-refractivity contribution in [2.75, 3.05) is 0 Å². The van der Waals surface area contributed by atoms with Crippen LogP contribution < -0.4 is 5.32 Å². The van der Waals surface area contributed by atoms with Crippen molar-refractivity contribution in [2.45, 2.75) is 46.7 Å². The van der Waals surface area contributed by atoms with Gasteiger partial charge in [-0.3, -0.25) is 0 Å². The largest absolute Gasteiger partial charge is 0.458 e. The van der Waals surface area contributed by atoms with Gasteiger partial charge in [-0.15, -0.1) is 0 Å². The van der Waals surface area contributed by atoms with Crippen molar-refractivity contribution in [3.05, 3.63) is 34.0 Å². The van der Waals surface area contributed by atoms with Crippen molar-refractivity contribution < 1.29 is 4.42 Å². The summed E-state index contributed by atoms with van der Waals surface area (Å²) in [4.78, 5) is 0. The maximum absolute atomic E-state index is 6.19. The minimum atomic E-state index is 0.0737. The van der Waals surface area contributed by atoms with Crippen LogP contribution in [-0.2, 0) is 6.54 Å². The SMILES string of the molecule is Cc1ccc(Cl)c2oc(CNC(C)(C)C)c(C)c12. The van der Waals surface area contributed by atoms with E-state index in [0.717, 1.165) is 23.3 Å². The first kappa shape index (κ1) is 13.4. The van der Waals surface area contributed by atoms with Crippen LogP contribution in [0, 0.1) is 13.8 Å². The summed E-state index contributed by atoms with van der Waals surface area (Å²) in [5.41, 5.74) is 3.27. The average Bonchev–Trinajstić information content (AvgIpc) is 2.59. The van der Waals surface area contributed by atoms with Crippen molar-refractivity contribution in [3.63, 3.8) is 0 Å². The van der Waals surface area contributed by atoms with E-state index >= 15 is 0 Å². The molecule has 2 rings (SSSR count). The van der Waals surface area contributed by atoms with Crippen LogP contribution >= 0.6 is 11.6 Å². The second-order valence-electron chi connectivity index (χ2n) is 5.82. The van der Waals surface area contributed by atoms with Gasteiger partial charge in [0.1, 0.15) is 5.76 Å². The number of rotatable bonds is 2. The lowest BCUT2D eigenvalue weighted by molar-refractivity contribution is 0.394. The van der Waals surface area contributed by atoms with Crippen LogP contribution in [0.2, 0.25) is 5.02 Å². The molecule has 1 aromatic carbocycles. The van der Waals surface area contributed by atoms with Gasteiger partial charge in [0.2, 0.25) is 0 Å². The van der Waals surface area contributed by atoms with Crippen molar-refractivity contribution in [2.24, 2.45) is 0 Å². The van der Waals surface area contributed by atoms with E-state index in [1.54, 1.807) is 0 Å². The molecular formula is C15H20ClNO. The van der Waals surface area contributed by atoms with Crippen LogP contribution in [0.15, 0.2) is 16.5 Å². The van der Waals surface area contributed by atoms with E-state index in [2.05, 4.69) is 39.9 Å². The molecule has 0 bridgehead atoms. The van der Waals surface area contributed by atoms with Crippen LogP contribution in [0.3, 0.4) is 0 Å². The first-order valence-electron chi connectivity index (χ1n) is 6.22. The smallest absolute Gasteiger partial charge is 0.153 e. The Hall–Kier alpha value is -0.990. The Morgan fingerprint density at radius 3 is 2.44 bits per heavy atom. The highest BCUT2D eigenvalue weighted by atomic mass is 35.5. The summed E-state index contributed by atoms with van der Waals surface area (Å²) >= 11 is 6.19. The highest BCUT2D eigenvalue weighted by molar-refractivity contribution is 6.35. The van der Waals surface area contributed by atoms with E-state index in [-0.39, 0.29) is 5.54 Å². The summed E-state index contributed by atoms with van der Waals surface area (Å²) < 4.78 is 5.91. The topological polar surface area (TPSA) is 25.2 Å². The summed E-state index contributed by atoms with van der Waals surface area (Å²) in [7, 11) is 0. The Morgan fingerprint density at radius 2 is 1.89 bits per heavy atom. The van der Waals surface area contributed by atoms with E-state index in [1.165, 1.54) is 11.1 Å². The van der Waals surface area contributed by atoms with E-state index < -0.39 is 0 Å². The standard InChI is InChI=1S/C15H20ClNO/c1-9-6-7-11(16)14-13(9)10(2)12(18-14)8-17-15(3,4)5/h6-7,17H,8H2,1-5H3. The molecule has 98 valence electrons. The fourth-order valence-corrected chi connectivity index (χ4v) is 2.27. The van der Waals surface area contributed by atoms with Gasteiger partial charge in [0, 0.05) is 16.5 Å². The number of hydrogen-bond donors (Lipinski definition) is 1. The zero-order chi connectivity index (χ0) is 13.5. The van der Waals surface area contributed by atoms with Gasteiger partial charge in [0.15, 0.2) is 5.58 Å². The van der Waals surface area contributed by atoms with Crippen molar-refractivity contribution in [1.82, 2.24) is 5.32 Å². The summed E-state index contributed by atoms with van der Waals surface area (Å²) in [6.45, 7) is 11.3. The molecule has 1 aromatic heterocycles. The van der Waals surface area contributed by atoms with Gasteiger partial charge in [0.25, 0.3) is 0 Å². The number of halogens is 1. The highest BCUT2D eigenvalue weighted by Gasteiger charge is 2.16. The van der Waals surface area contributed by atoms with Crippen LogP contribution in [0.25, 0.3) is 11.0 Å². The van der Waals surface area contributed by atoms with Gasteiger partial charge in [-0.25, -0.2) is 0 Å². The number of hydrogen-bond acceptors (Lipinski definition) is 2. The van der Waals surface area contributed by atoms with Crippen molar-refractivity contribution in [1.29, 1.82) is 0 Å². The van der Waals surface area contributed by atoms with Gasteiger partial charge in [-0.05, 0) is 46.2 Å². The van der Waals surface area contributed by atoms with E-state index in [0.29, 0.717) is 5.02 Å². The number of aryl methyl sites for hydroxylation is 2. The summed E-state index contributed by atoms with van der Waals surface area (Å²) in [5, 5.41) is 5.27. The lowest BCUT2D eigenvalue weighted by Crippen LogP contribution is -2.35. The Bertz CT molecular complexity index is 578. The molecule has 0 unspecified atom stereocenters. The molecule has 1 N–H and O–H groups in total. The molecule has 0 saturated heterocycles. The molecule has 2 aromatic rings. The highest BCUT2D eigenvalue weighted by Crippen LogP contribution is 2.33.